The first-order valence-electron chi connectivity index (χ1n) is 0.756. The Bertz CT molecular complexity index is 27.2. The van der Waals surface area contributed by atoms with Crippen LogP contribution in [0.25, 0.3) is 0 Å². The molecule has 0 atom stereocenters. The first kappa shape index (κ1) is 17.0. The molecule has 0 aromatic heterocycles. The average Bonchev–Trinajstić information content (AvgIpc) is 0.722. The first-order valence-corrected chi connectivity index (χ1v) is 44.5. The summed E-state index contributed by atoms with van der Waals surface area (Å²) in [6.07, 6.45) is 0. The van der Waals surface area contributed by atoms with Crippen LogP contribution >= 0.6 is 71.0 Å². The van der Waals surface area contributed by atoms with Gasteiger partial charge in [-0.05, 0) is 0 Å². The fourth-order valence-electron chi connectivity index (χ4n) is 0. The molecule has 1 nitrogen and oxygen atoms in total. The van der Waals surface area contributed by atoms with Crippen molar-refractivity contribution in [2.24, 2.45) is 0 Å². The monoisotopic (exact) mass is 749 g/mol. The SMILES string of the molecule is C.N.[I][Pb]([I])([I])[I]. The van der Waals surface area contributed by atoms with Gasteiger partial charge in [-0.2, -0.15) is 0 Å². The summed E-state index contributed by atoms with van der Waals surface area (Å²) in [5.74, 6) is 0. The molecule has 0 saturated carbocycles. The van der Waals surface area contributed by atoms with Crippen molar-refractivity contribution in [3.63, 3.8) is 0 Å². The van der Waals surface area contributed by atoms with E-state index in [2.05, 4.69) is 71.0 Å². The minimum absolute atomic E-state index is 0. The standard InChI is InChI=1S/CH4.4HI.H3N.Pb/h1H4;4*1H;1H3;/q;;;;;;+4/p-4. The molecule has 0 fully saturated rings. The van der Waals surface area contributed by atoms with Crippen LogP contribution in [0.2, 0.25) is 0 Å². The Morgan fingerprint density at radius 3 is 0.857 bits per heavy atom. The van der Waals surface area contributed by atoms with Gasteiger partial charge in [-0.3, -0.25) is 0 Å². The number of hydrogen-bond donors (Lipinski definition) is 1. The van der Waals surface area contributed by atoms with E-state index >= 15 is 0 Å². The Morgan fingerprint density at radius 2 is 0.857 bits per heavy atom. The van der Waals surface area contributed by atoms with Gasteiger partial charge in [0.2, 0.25) is 0 Å². The molecule has 0 unspecified atom stereocenters. The molecule has 0 aromatic rings. The normalized spacial score (nSPS) is 8.57. The van der Waals surface area contributed by atoms with Gasteiger partial charge < -0.3 is 6.15 Å². The molecule has 0 aliphatic heterocycles. The van der Waals surface area contributed by atoms with Crippen molar-refractivity contribution in [3.8, 4) is 0 Å². The van der Waals surface area contributed by atoms with Crippen LogP contribution in [0.4, 0.5) is 0 Å². The van der Waals surface area contributed by atoms with E-state index in [-0.39, 0.29) is 13.6 Å². The van der Waals surface area contributed by atoms with Crippen LogP contribution in [0.3, 0.4) is 0 Å². The number of halogens is 4. The van der Waals surface area contributed by atoms with E-state index < -0.39 is 4.00 Å². The third kappa shape index (κ3) is 41.3. The van der Waals surface area contributed by atoms with Gasteiger partial charge >= 0.3 is 75.0 Å². The van der Waals surface area contributed by atoms with Gasteiger partial charge in [0.1, 0.15) is 0 Å². The maximum atomic E-state index is 2.56. The van der Waals surface area contributed by atoms with Crippen molar-refractivity contribution >= 4 is 75.0 Å². The fourth-order valence-corrected chi connectivity index (χ4v) is 0. The third-order valence-corrected chi connectivity index (χ3v) is 0. The van der Waals surface area contributed by atoms with E-state index in [1.165, 1.54) is 0 Å². The molecule has 0 aliphatic rings. The van der Waals surface area contributed by atoms with E-state index in [9.17, 15) is 0 Å². The van der Waals surface area contributed by atoms with E-state index in [0.29, 0.717) is 0 Å². The molecule has 7 heavy (non-hydrogen) atoms. The van der Waals surface area contributed by atoms with Crippen LogP contribution in [0.1, 0.15) is 7.43 Å². The minimum atomic E-state index is -1.40. The Hall–Kier alpha value is 3.80. The number of rotatable bonds is 0. The van der Waals surface area contributed by atoms with Crippen molar-refractivity contribution in [2.75, 3.05) is 0 Å². The second-order valence-corrected chi connectivity index (χ2v) is 169. The van der Waals surface area contributed by atoms with E-state index in [4.69, 9.17) is 0 Å². The molecule has 0 heterocycles. The van der Waals surface area contributed by atoms with Gasteiger partial charge in [-0.15, -0.1) is 0 Å². The molecule has 0 saturated heterocycles. The molecule has 3 N–H and O–H groups in total. The van der Waals surface area contributed by atoms with Crippen LogP contribution in [0, 0.1) is 0 Å². The zero-order valence-electron chi connectivity index (χ0n) is 2.72. The number of hydrogen-bond acceptors (Lipinski definition) is 1. The summed E-state index contributed by atoms with van der Waals surface area (Å²) in [7, 11) is 0. The van der Waals surface area contributed by atoms with Crippen LogP contribution in [-0.2, 0) is 0 Å². The molecule has 6 heteroatoms. The predicted octanol–water partition coefficient (Wildman–Crippen LogP) is 3.96. The second-order valence-electron chi connectivity index (χ2n) is 0.429. The molecule has 0 amide bonds. The molecule has 0 aliphatic carbocycles. The van der Waals surface area contributed by atoms with Crippen molar-refractivity contribution in [2.45, 2.75) is 7.43 Å². The van der Waals surface area contributed by atoms with Crippen molar-refractivity contribution in [3.05, 3.63) is 0 Å². The summed E-state index contributed by atoms with van der Waals surface area (Å²) in [6, 6.07) is 0. The summed E-state index contributed by atoms with van der Waals surface area (Å²) in [4.78, 5) is 0. The zero-order valence-corrected chi connectivity index (χ0v) is 15.2. The maximum absolute atomic E-state index is 2.56. The predicted molar refractivity (Wildman–Crippen MR) is 73.6 cm³/mol. The Morgan fingerprint density at radius 1 is 0.857 bits per heavy atom. The molecular formula is CH7I4NPb. The topological polar surface area (TPSA) is 35.0 Å². The molecular weight excluding hydrogens is 741 g/mol. The summed E-state index contributed by atoms with van der Waals surface area (Å²) >= 11 is 10.2. The van der Waals surface area contributed by atoms with Crippen molar-refractivity contribution < 1.29 is 0 Å². The molecule has 0 bridgehead atoms. The summed E-state index contributed by atoms with van der Waals surface area (Å²) in [5.41, 5.74) is 0. The molecule has 48 valence electrons. The van der Waals surface area contributed by atoms with Crippen molar-refractivity contribution in [1.29, 1.82) is 0 Å². The van der Waals surface area contributed by atoms with Crippen LogP contribution < -0.4 is 6.15 Å². The van der Waals surface area contributed by atoms with E-state index in [0.717, 1.165) is 0 Å². The summed E-state index contributed by atoms with van der Waals surface area (Å²) < 4.78 is -1.40. The average molecular weight is 748 g/mol. The molecule has 0 spiro atoms. The van der Waals surface area contributed by atoms with Gasteiger partial charge in [0.25, 0.3) is 0 Å². The van der Waals surface area contributed by atoms with Crippen LogP contribution in [0.15, 0.2) is 0 Å². The van der Waals surface area contributed by atoms with Crippen LogP contribution in [-0.4, -0.2) is 4.00 Å². The summed E-state index contributed by atoms with van der Waals surface area (Å²) in [6.45, 7) is 0. The second kappa shape index (κ2) is 7.90. The third-order valence-electron chi connectivity index (χ3n) is 0. The Kier molecular flexibility index (Phi) is 19.3. The molecule has 0 radical (unpaired) electrons. The molecule has 0 aromatic carbocycles. The van der Waals surface area contributed by atoms with Crippen molar-refractivity contribution in [1.82, 2.24) is 6.15 Å². The van der Waals surface area contributed by atoms with Gasteiger partial charge in [-0.25, -0.2) is 0 Å². The van der Waals surface area contributed by atoms with Gasteiger partial charge in [0.15, 0.2) is 0 Å². The first-order chi connectivity index (χ1) is 2.00. The Balaban J connectivity index is -0.0000000800. The summed E-state index contributed by atoms with van der Waals surface area (Å²) in [5, 5.41) is 0. The Labute approximate surface area is 85.6 Å². The zero-order chi connectivity index (χ0) is 4.50. The van der Waals surface area contributed by atoms with Gasteiger partial charge in [0, 0.05) is 0 Å². The van der Waals surface area contributed by atoms with Gasteiger partial charge in [-0.1, -0.05) is 7.43 Å². The quantitative estimate of drug-likeness (QED) is 0.296. The van der Waals surface area contributed by atoms with E-state index in [1.54, 1.807) is 0 Å². The van der Waals surface area contributed by atoms with Gasteiger partial charge in [0.05, 0.1) is 0 Å². The van der Waals surface area contributed by atoms with E-state index in [1.807, 2.05) is 0 Å². The van der Waals surface area contributed by atoms with Crippen LogP contribution in [0.5, 0.6) is 0 Å². The molecule has 0 rings (SSSR count). The fraction of sp³-hybridized carbons (Fsp3) is 1.00.